The Morgan fingerprint density at radius 2 is 1.35 bits per heavy atom. The Morgan fingerprint density at radius 3 is 1.81 bits per heavy atom. The highest BCUT2D eigenvalue weighted by Gasteiger charge is 2.07. The van der Waals surface area contributed by atoms with E-state index in [1.807, 2.05) is 24.1 Å². The number of carbonyl (C=O) groups excluding carboxylic acids is 2. The largest absolute Gasteiger partial charge is 0.462 e. The third-order valence-electron chi connectivity index (χ3n) is 3.54. The number of nitrogens with zero attached hydrogens (tertiary/aromatic N) is 2. The van der Waals surface area contributed by atoms with Gasteiger partial charge in [0.05, 0.1) is 36.4 Å². The molecule has 0 aliphatic heterocycles. The number of hydrogen-bond acceptors (Lipinski definition) is 5. The second-order valence-electron chi connectivity index (χ2n) is 5.39. The summed E-state index contributed by atoms with van der Waals surface area (Å²) in [7, 11) is 1.86. The highest BCUT2D eigenvalue weighted by molar-refractivity contribution is 5.91. The number of esters is 2. The minimum Gasteiger partial charge on any atom is -0.462 e. The Hall–Kier alpha value is -3.15. The molecule has 0 N–H and O–H groups in total. The van der Waals surface area contributed by atoms with E-state index < -0.39 is 0 Å². The molecule has 0 fully saturated rings. The molecule has 0 amide bonds. The van der Waals surface area contributed by atoms with Crippen molar-refractivity contribution in [1.29, 1.82) is 0 Å². The number of hydrogen-bond donors (Lipinski definition) is 0. The van der Waals surface area contributed by atoms with Crippen LogP contribution in [-0.4, -0.2) is 38.5 Å². The van der Waals surface area contributed by atoms with E-state index in [1.54, 1.807) is 56.6 Å². The van der Waals surface area contributed by atoms with Crippen LogP contribution in [0.1, 0.15) is 34.6 Å². The molecule has 0 spiro atoms. The summed E-state index contributed by atoms with van der Waals surface area (Å²) >= 11 is 0. The molecular weight excluding hydrogens is 332 g/mol. The smallest absolute Gasteiger partial charge is 0.338 e. The number of aliphatic imine (C=N–C) groups is 1. The van der Waals surface area contributed by atoms with Gasteiger partial charge in [-0.15, -0.1) is 0 Å². The van der Waals surface area contributed by atoms with Gasteiger partial charge in [-0.1, -0.05) is 0 Å². The van der Waals surface area contributed by atoms with Gasteiger partial charge in [-0.3, -0.25) is 0 Å². The van der Waals surface area contributed by atoms with Crippen molar-refractivity contribution >= 4 is 29.7 Å². The average molecular weight is 354 g/mol. The van der Waals surface area contributed by atoms with Crippen molar-refractivity contribution in [2.45, 2.75) is 13.8 Å². The fourth-order valence-electron chi connectivity index (χ4n) is 2.17. The molecular formula is C20H22N2O4. The topological polar surface area (TPSA) is 68.2 Å². The summed E-state index contributed by atoms with van der Waals surface area (Å²) in [6.45, 7) is 4.24. The number of ether oxygens (including phenoxy) is 2. The van der Waals surface area contributed by atoms with Crippen molar-refractivity contribution in [3.05, 3.63) is 59.7 Å². The fourth-order valence-corrected chi connectivity index (χ4v) is 2.17. The zero-order valence-electron chi connectivity index (χ0n) is 15.1. The summed E-state index contributed by atoms with van der Waals surface area (Å²) in [6, 6.07) is 13.9. The maximum absolute atomic E-state index is 11.7. The first kappa shape index (κ1) is 19.2. The maximum atomic E-state index is 11.7. The van der Waals surface area contributed by atoms with Crippen molar-refractivity contribution < 1.29 is 19.1 Å². The van der Waals surface area contributed by atoms with E-state index in [2.05, 4.69) is 4.99 Å². The summed E-state index contributed by atoms with van der Waals surface area (Å²) in [5, 5.41) is 0. The van der Waals surface area contributed by atoms with Crippen molar-refractivity contribution in [3.8, 4) is 0 Å². The normalized spacial score (nSPS) is 10.6. The van der Waals surface area contributed by atoms with Crippen molar-refractivity contribution in [2.24, 2.45) is 4.99 Å². The zero-order valence-corrected chi connectivity index (χ0v) is 15.1. The van der Waals surface area contributed by atoms with Crippen LogP contribution in [0.25, 0.3) is 0 Å². The molecule has 2 rings (SSSR count). The monoisotopic (exact) mass is 354 g/mol. The minimum absolute atomic E-state index is 0.336. The lowest BCUT2D eigenvalue weighted by Crippen LogP contribution is -2.14. The molecule has 0 heterocycles. The Balaban J connectivity index is 2.01. The Morgan fingerprint density at radius 1 is 0.885 bits per heavy atom. The third kappa shape index (κ3) is 5.17. The van der Waals surface area contributed by atoms with Crippen LogP contribution in [0.4, 0.5) is 11.4 Å². The van der Waals surface area contributed by atoms with Crippen LogP contribution in [0.3, 0.4) is 0 Å². The Bertz CT molecular complexity index is 767. The highest BCUT2D eigenvalue weighted by atomic mass is 16.5. The summed E-state index contributed by atoms with van der Waals surface area (Å²) in [5.41, 5.74) is 2.60. The standard InChI is InChI=1S/C20H22N2O4/c1-4-25-19(23)15-6-10-17(11-7-15)21-14-22(3)18-12-8-16(9-13-18)20(24)26-5-2/h6-14H,4-5H2,1-3H3. The van der Waals surface area contributed by atoms with Crippen molar-refractivity contribution in [3.63, 3.8) is 0 Å². The van der Waals surface area contributed by atoms with E-state index in [4.69, 9.17) is 9.47 Å². The summed E-state index contributed by atoms with van der Waals surface area (Å²) in [4.78, 5) is 29.5. The van der Waals surface area contributed by atoms with Crippen LogP contribution in [0.2, 0.25) is 0 Å². The van der Waals surface area contributed by atoms with Gasteiger partial charge in [0.2, 0.25) is 0 Å². The number of rotatable bonds is 7. The first-order valence-corrected chi connectivity index (χ1v) is 8.36. The van der Waals surface area contributed by atoms with Gasteiger partial charge >= 0.3 is 11.9 Å². The number of anilines is 1. The lowest BCUT2D eigenvalue weighted by atomic mass is 10.2. The molecule has 0 bridgehead atoms. The molecule has 0 radical (unpaired) electrons. The van der Waals surface area contributed by atoms with Gasteiger partial charge in [-0.2, -0.15) is 0 Å². The van der Waals surface area contributed by atoms with Crippen LogP contribution in [-0.2, 0) is 9.47 Å². The van der Waals surface area contributed by atoms with Gasteiger partial charge in [0.15, 0.2) is 0 Å². The molecule has 26 heavy (non-hydrogen) atoms. The molecule has 6 nitrogen and oxygen atoms in total. The summed E-state index contributed by atoms with van der Waals surface area (Å²) in [6.07, 6.45) is 1.67. The number of benzene rings is 2. The molecule has 136 valence electrons. The Labute approximate surface area is 153 Å². The molecule has 0 unspecified atom stereocenters. The SMILES string of the molecule is CCOC(=O)c1ccc(N=CN(C)c2ccc(C(=O)OCC)cc2)cc1. The molecule has 2 aromatic carbocycles. The van der Waals surface area contributed by atoms with E-state index in [9.17, 15) is 9.59 Å². The van der Waals surface area contributed by atoms with Crippen LogP contribution < -0.4 is 4.90 Å². The Kier molecular flexibility index (Phi) is 6.91. The molecule has 0 aliphatic carbocycles. The van der Waals surface area contributed by atoms with E-state index in [0.717, 1.165) is 5.69 Å². The van der Waals surface area contributed by atoms with Crippen molar-refractivity contribution in [2.75, 3.05) is 25.2 Å². The number of carbonyl (C=O) groups is 2. The average Bonchev–Trinajstić information content (AvgIpc) is 2.67. The van der Waals surface area contributed by atoms with E-state index in [1.165, 1.54) is 0 Å². The van der Waals surface area contributed by atoms with Crippen molar-refractivity contribution in [1.82, 2.24) is 0 Å². The van der Waals surface area contributed by atoms with E-state index >= 15 is 0 Å². The fraction of sp³-hybridized carbons (Fsp3) is 0.250. The molecule has 2 aromatic rings. The second kappa shape index (κ2) is 9.36. The van der Waals surface area contributed by atoms with Gasteiger partial charge in [0.25, 0.3) is 0 Å². The van der Waals surface area contributed by atoms with Crippen LogP contribution in [0.15, 0.2) is 53.5 Å². The van der Waals surface area contributed by atoms with Gasteiger partial charge in [-0.25, -0.2) is 14.6 Å². The second-order valence-corrected chi connectivity index (χ2v) is 5.39. The molecule has 6 heteroatoms. The predicted octanol–water partition coefficient (Wildman–Crippen LogP) is 3.84. The highest BCUT2D eigenvalue weighted by Crippen LogP contribution is 2.16. The van der Waals surface area contributed by atoms with Crippen LogP contribution in [0, 0.1) is 0 Å². The van der Waals surface area contributed by atoms with Gasteiger partial charge in [-0.05, 0) is 62.4 Å². The van der Waals surface area contributed by atoms with E-state index in [0.29, 0.717) is 30.0 Å². The molecule has 0 aromatic heterocycles. The first-order valence-electron chi connectivity index (χ1n) is 8.36. The zero-order chi connectivity index (χ0) is 18.9. The van der Waals surface area contributed by atoms with Gasteiger partial charge in [0, 0.05) is 12.7 Å². The van der Waals surface area contributed by atoms with Gasteiger partial charge in [0.1, 0.15) is 0 Å². The molecule has 0 atom stereocenters. The van der Waals surface area contributed by atoms with Gasteiger partial charge < -0.3 is 14.4 Å². The van der Waals surface area contributed by atoms with Crippen LogP contribution >= 0.6 is 0 Å². The van der Waals surface area contributed by atoms with Crippen LogP contribution in [0.5, 0.6) is 0 Å². The third-order valence-corrected chi connectivity index (χ3v) is 3.54. The quantitative estimate of drug-likeness (QED) is 0.429. The maximum Gasteiger partial charge on any atom is 0.338 e. The summed E-state index contributed by atoms with van der Waals surface area (Å²) in [5.74, 6) is -0.682. The van der Waals surface area contributed by atoms with E-state index in [-0.39, 0.29) is 11.9 Å². The summed E-state index contributed by atoms with van der Waals surface area (Å²) < 4.78 is 9.91. The lowest BCUT2D eigenvalue weighted by Gasteiger charge is -2.13. The minimum atomic E-state index is -0.346. The predicted molar refractivity (Wildman–Crippen MR) is 101 cm³/mol. The molecule has 0 aliphatic rings. The molecule has 0 saturated carbocycles. The lowest BCUT2D eigenvalue weighted by molar-refractivity contribution is 0.0517. The first-order chi connectivity index (χ1) is 12.5. The molecule has 0 saturated heterocycles.